The van der Waals surface area contributed by atoms with Crippen LogP contribution in [-0.4, -0.2) is 23.2 Å². The van der Waals surface area contributed by atoms with Crippen molar-refractivity contribution >= 4 is 17.2 Å². The third kappa shape index (κ3) is 2.38. The minimum Gasteiger partial charge on any atom is -0.394 e. The van der Waals surface area contributed by atoms with E-state index in [1.165, 1.54) is 21.8 Å². The van der Waals surface area contributed by atoms with Crippen LogP contribution in [0, 0.1) is 6.92 Å². The Bertz CT molecular complexity index is 416. The third-order valence-electron chi connectivity index (χ3n) is 3.62. The number of amides is 1. The maximum atomic E-state index is 12.1. The highest BCUT2D eigenvalue weighted by atomic mass is 32.1. The lowest BCUT2D eigenvalue weighted by molar-refractivity contribution is 0.0645. The molecule has 1 aromatic heterocycles. The van der Waals surface area contributed by atoms with Crippen LogP contribution in [0.1, 0.15) is 46.3 Å². The quantitative estimate of drug-likeness (QED) is 0.864. The lowest BCUT2D eigenvalue weighted by atomic mass is 9.77. The predicted octanol–water partition coefficient (Wildman–Crippen LogP) is 2.26. The van der Waals surface area contributed by atoms with E-state index < -0.39 is 0 Å². The van der Waals surface area contributed by atoms with E-state index in [0.717, 1.165) is 30.6 Å². The van der Waals surface area contributed by atoms with Gasteiger partial charge in [-0.1, -0.05) is 6.92 Å². The number of hydrogen-bond donors (Lipinski definition) is 2. The summed E-state index contributed by atoms with van der Waals surface area (Å²) in [4.78, 5) is 14.1. The van der Waals surface area contributed by atoms with Gasteiger partial charge < -0.3 is 10.4 Å². The molecule has 1 saturated carbocycles. The van der Waals surface area contributed by atoms with Gasteiger partial charge in [-0.3, -0.25) is 4.79 Å². The summed E-state index contributed by atoms with van der Waals surface area (Å²) in [6, 6.07) is 1.97. The van der Waals surface area contributed by atoms with Gasteiger partial charge in [-0.2, -0.15) is 0 Å². The van der Waals surface area contributed by atoms with Gasteiger partial charge in [0.05, 0.1) is 17.0 Å². The second-order valence-electron chi connectivity index (χ2n) is 4.79. The zero-order valence-electron chi connectivity index (χ0n) is 10.4. The molecule has 4 heteroatoms. The number of aliphatic hydroxyl groups excluding tert-OH is 1. The molecule has 2 N–H and O–H groups in total. The first-order chi connectivity index (χ1) is 8.10. The fourth-order valence-corrected chi connectivity index (χ4v) is 3.22. The van der Waals surface area contributed by atoms with Crippen molar-refractivity contribution in [3.8, 4) is 0 Å². The first-order valence-corrected chi connectivity index (χ1v) is 6.94. The summed E-state index contributed by atoms with van der Waals surface area (Å²) < 4.78 is 0. The van der Waals surface area contributed by atoms with Gasteiger partial charge in [0.1, 0.15) is 0 Å². The van der Waals surface area contributed by atoms with Gasteiger partial charge >= 0.3 is 0 Å². The Morgan fingerprint density at radius 3 is 2.71 bits per heavy atom. The van der Waals surface area contributed by atoms with E-state index >= 15 is 0 Å². The molecule has 0 radical (unpaired) electrons. The molecule has 1 amide bonds. The van der Waals surface area contributed by atoms with Crippen LogP contribution < -0.4 is 5.32 Å². The Balaban J connectivity index is 2.09. The van der Waals surface area contributed by atoms with Crippen molar-refractivity contribution in [1.82, 2.24) is 5.32 Å². The first kappa shape index (κ1) is 12.6. The number of hydrogen-bond acceptors (Lipinski definition) is 3. The summed E-state index contributed by atoms with van der Waals surface area (Å²) in [5, 5.41) is 12.3. The standard InChI is InChI=1S/C13H19NO2S/c1-3-10-7-11(17-9(10)2)12(16)14-13(8-15)5-4-6-13/h7,15H,3-6,8H2,1-2H3,(H,14,16). The van der Waals surface area contributed by atoms with Gasteiger partial charge in [-0.05, 0) is 44.2 Å². The SMILES string of the molecule is CCc1cc(C(=O)NC2(CO)CCC2)sc1C. The molecule has 1 aliphatic rings. The second kappa shape index (κ2) is 4.78. The summed E-state index contributed by atoms with van der Waals surface area (Å²) in [7, 11) is 0. The highest BCUT2D eigenvalue weighted by Crippen LogP contribution is 2.32. The molecule has 1 heterocycles. The topological polar surface area (TPSA) is 49.3 Å². The Hall–Kier alpha value is -0.870. The number of aryl methyl sites for hydroxylation is 2. The average molecular weight is 253 g/mol. The molecule has 0 spiro atoms. The van der Waals surface area contributed by atoms with Crippen LogP contribution in [0.3, 0.4) is 0 Å². The molecule has 0 unspecified atom stereocenters. The molecule has 0 aromatic carbocycles. The smallest absolute Gasteiger partial charge is 0.261 e. The Kier molecular flexibility index (Phi) is 3.54. The number of aliphatic hydroxyl groups is 1. The zero-order valence-corrected chi connectivity index (χ0v) is 11.2. The maximum absolute atomic E-state index is 12.1. The van der Waals surface area contributed by atoms with Crippen LogP contribution in [0.25, 0.3) is 0 Å². The van der Waals surface area contributed by atoms with Crippen molar-refractivity contribution in [2.45, 2.75) is 45.1 Å². The monoisotopic (exact) mass is 253 g/mol. The number of carbonyl (C=O) groups excluding carboxylic acids is 1. The van der Waals surface area contributed by atoms with E-state index in [2.05, 4.69) is 12.2 Å². The highest BCUT2D eigenvalue weighted by Gasteiger charge is 2.38. The molecule has 1 aliphatic carbocycles. The summed E-state index contributed by atoms with van der Waals surface area (Å²) in [5.74, 6) is -0.0356. The molecule has 0 aliphatic heterocycles. The predicted molar refractivity (Wildman–Crippen MR) is 69.6 cm³/mol. The van der Waals surface area contributed by atoms with Gasteiger partial charge in [0.15, 0.2) is 0 Å². The largest absolute Gasteiger partial charge is 0.394 e. The molecule has 0 bridgehead atoms. The van der Waals surface area contributed by atoms with Crippen molar-refractivity contribution in [2.24, 2.45) is 0 Å². The summed E-state index contributed by atoms with van der Waals surface area (Å²) in [5.41, 5.74) is 0.897. The van der Waals surface area contributed by atoms with Gasteiger partial charge in [-0.25, -0.2) is 0 Å². The van der Waals surface area contributed by atoms with Gasteiger partial charge in [0, 0.05) is 4.88 Å². The molecule has 1 aromatic rings. The normalized spacial score (nSPS) is 17.6. The average Bonchev–Trinajstić information content (AvgIpc) is 2.65. The van der Waals surface area contributed by atoms with E-state index in [1.807, 2.05) is 13.0 Å². The number of nitrogens with one attached hydrogen (secondary N) is 1. The Morgan fingerprint density at radius 1 is 1.59 bits per heavy atom. The van der Waals surface area contributed by atoms with Crippen LogP contribution in [0.15, 0.2) is 6.07 Å². The number of rotatable bonds is 4. The van der Waals surface area contributed by atoms with Crippen molar-refractivity contribution in [2.75, 3.05) is 6.61 Å². The molecule has 3 nitrogen and oxygen atoms in total. The van der Waals surface area contributed by atoms with Gasteiger partial charge in [-0.15, -0.1) is 11.3 Å². The highest BCUT2D eigenvalue weighted by molar-refractivity contribution is 7.14. The third-order valence-corrected chi connectivity index (χ3v) is 4.71. The second-order valence-corrected chi connectivity index (χ2v) is 6.05. The van der Waals surface area contributed by atoms with E-state index in [0.29, 0.717) is 0 Å². The lowest BCUT2D eigenvalue weighted by Crippen LogP contribution is -2.56. The van der Waals surface area contributed by atoms with Crippen LogP contribution in [0.5, 0.6) is 0 Å². The van der Waals surface area contributed by atoms with Crippen LogP contribution >= 0.6 is 11.3 Å². The number of thiophene rings is 1. The minimum atomic E-state index is -0.346. The van der Waals surface area contributed by atoms with Crippen molar-refractivity contribution in [1.29, 1.82) is 0 Å². The molecular weight excluding hydrogens is 234 g/mol. The van der Waals surface area contributed by atoms with Crippen LogP contribution in [0.2, 0.25) is 0 Å². The van der Waals surface area contributed by atoms with Gasteiger partial charge in [0.25, 0.3) is 5.91 Å². The van der Waals surface area contributed by atoms with E-state index in [9.17, 15) is 9.90 Å². The fraction of sp³-hybridized carbons (Fsp3) is 0.615. The van der Waals surface area contributed by atoms with Crippen molar-refractivity contribution < 1.29 is 9.90 Å². The van der Waals surface area contributed by atoms with Crippen LogP contribution in [-0.2, 0) is 6.42 Å². The minimum absolute atomic E-state index is 0.0356. The summed E-state index contributed by atoms with van der Waals surface area (Å²) in [6.45, 7) is 4.19. The lowest BCUT2D eigenvalue weighted by Gasteiger charge is -2.40. The maximum Gasteiger partial charge on any atom is 0.261 e. The van der Waals surface area contributed by atoms with Crippen LogP contribution in [0.4, 0.5) is 0 Å². The van der Waals surface area contributed by atoms with Crippen molar-refractivity contribution in [3.05, 3.63) is 21.4 Å². The molecule has 94 valence electrons. The summed E-state index contributed by atoms with van der Waals surface area (Å²) >= 11 is 1.54. The van der Waals surface area contributed by atoms with E-state index in [1.54, 1.807) is 0 Å². The molecule has 1 fully saturated rings. The molecule has 2 rings (SSSR count). The Labute approximate surface area is 106 Å². The number of carbonyl (C=O) groups is 1. The molecule has 0 saturated heterocycles. The summed E-state index contributed by atoms with van der Waals surface area (Å²) in [6.07, 6.45) is 3.83. The fourth-order valence-electron chi connectivity index (χ4n) is 2.21. The molecule has 0 atom stereocenters. The van der Waals surface area contributed by atoms with Crippen molar-refractivity contribution in [3.63, 3.8) is 0 Å². The van der Waals surface area contributed by atoms with E-state index in [4.69, 9.17) is 0 Å². The first-order valence-electron chi connectivity index (χ1n) is 6.13. The van der Waals surface area contributed by atoms with E-state index in [-0.39, 0.29) is 18.1 Å². The zero-order chi connectivity index (χ0) is 12.5. The van der Waals surface area contributed by atoms with Gasteiger partial charge in [0.2, 0.25) is 0 Å². The molecular formula is C13H19NO2S. The Morgan fingerprint density at radius 2 is 2.29 bits per heavy atom. The molecule has 17 heavy (non-hydrogen) atoms.